The van der Waals surface area contributed by atoms with Gasteiger partial charge in [-0.3, -0.25) is 19.7 Å². The first kappa shape index (κ1) is 16.4. The Balaban J connectivity index is 1.90. The standard InChI is InChI=1S/C19H15NO5/c21-17(22)8-9-25-13-5-3-4-12(10-13)11-16-14-6-1-2-7-15(14)18(23)20-19(16)24/h1-7,10-11H,8-9H2,(H,21,22)(H,20,23,24)/b16-11-. The van der Waals surface area contributed by atoms with Crippen molar-refractivity contribution in [3.05, 3.63) is 65.2 Å². The minimum absolute atomic E-state index is 0.0627. The van der Waals surface area contributed by atoms with Gasteiger partial charge in [-0.05, 0) is 35.4 Å². The third-order valence-corrected chi connectivity index (χ3v) is 3.69. The van der Waals surface area contributed by atoms with Gasteiger partial charge in [0.25, 0.3) is 11.8 Å². The Labute approximate surface area is 143 Å². The fraction of sp³-hybridized carbons (Fsp3) is 0.105. The number of hydrogen-bond donors (Lipinski definition) is 2. The Morgan fingerprint density at radius 2 is 1.80 bits per heavy atom. The van der Waals surface area contributed by atoms with Crippen LogP contribution in [0.1, 0.15) is 27.9 Å². The summed E-state index contributed by atoms with van der Waals surface area (Å²) in [5, 5.41) is 11.0. The maximum atomic E-state index is 12.2. The summed E-state index contributed by atoms with van der Waals surface area (Å²) in [5.74, 6) is -1.29. The molecule has 1 aliphatic rings. The normalized spacial score (nSPS) is 14.8. The van der Waals surface area contributed by atoms with Crippen molar-refractivity contribution in [3.63, 3.8) is 0 Å². The highest BCUT2D eigenvalue weighted by molar-refractivity contribution is 6.33. The van der Waals surface area contributed by atoms with E-state index in [9.17, 15) is 14.4 Å². The molecule has 6 heteroatoms. The largest absolute Gasteiger partial charge is 0.493 e. The maximum absolute atomic E-state index is 12.2. The molecule has 2 N–H and O–H groups in total. The average molecular weight is 337 g/mol. The van der Waals surface area contributed by atoms with E-state index in [0.29, 0.717) is 28.0 Å². The fourth-order valence-corrected chi connectivity index (χ4v) is 2.54. The van der Waals surface area contributed by atoms with E-state index < -0.39 is 17.8 Å². The lowest BCUT2D eigenvalue weighted by Gasteiger charge is -2.18. The molecule has 1 heterocycles. The molecule has 0 saturated carbocycles. The Hall–Kier alpha value is -3.41. The van der Waals surface area contributed by atoms with Gasteiger partial charge >= 0.3 is 5.97 Å². The second-order valence-electron chi connectivity index (χ2n) is 5.45. The number of carboxylic acids is 1. The number of hydrogen-bond acceptors (Lipinski definition) is 4. The molecule has 2 aromatic carbocycles. The number of imide groups is 1. The first-order chi connectivity index (χ1) is 12.0. The van der Waals surface area contributed by atoms with Crippen molar-refractivity contribution in [1.29, 1.82) is 0 Å². The van der Waals surface area contributed by atoms with Gasteiger partial charge in [-0.15, -0.1) is 0 Å². The minimum atomic E-state index is -0.932. The van der Waals surface area contributed by atoms with Crippen LogP contribution >= 0.6 is 0 Å². The van der Waals surface area contributed by atoms with Gasteiger partial charge in [-0.1, -0.05) is 30.3 Å². The lowest BCUT2D eigenvalue weighted by atomic mass is 9.93. The lowest BCUT2D eigenvalue weighted by Crippen LogP contribution is -2.36. The summed E-state index contributed by atoms with van der Waals surface area (Å²) in [4.78, 5) is 34.6. The number of ether oxygens (including phenoxy) is 1. The zero-order valence-corrected chi connectivity index (χ0v) is 13.2. The molecule has 2 aromatic rings. The number of amides is 2. The molecule has 0 atom stereocenters. The van der Waals surface area contributed by atoms with E-state index >= 15 is 0 Å². The van der Waals surface area contributed by atoms with Crippen LogP contribution in [0.3, 0.4) is 0 Å². The third-order valence-electron chi connectivity index (χ3n) is 3.69. The maximum Gasteiger partial charge on any atom is 0.306 e. The summed E-state index contributed by atoms with van der Waals surface area (Å²) in [6.07, 6.45) is 1.58. The topological polar surface area (TPSA) is 92.7 Å². The molecule has 2 amide bonds. The van der Waals surface area contributed by atoms with E-state index in [1.54, 1.807) is 54.6 Å². The highest BCUT2D eigenvalue weighted by Gasteiger charge is 2.26. The van der Waals surface area contributed by atoms with Crippen molar-refractivity contribution in [2.75, 3.05) is 6.61 Å². The zero-order chi connectivity index (χ0) is 17.8. The van der Waals surface area contributed by atoms with Crippen molar-refractivity contribution >= 4 is 29.4 Å². The van der Waals surface area contributed by atoms with Gasteiger partial charge in [0.05, 0.1) is 13.0 Å². The number of nitrogens with one attached hydrogen (secondary N) is 1. The molecule has 3 rings (SSSR count). The van der Waals surface area contributed by atoms with Gasteiger partial charge in [0.1, 0.15) is 5.75 Å². The summed E-state index contributed by atoms with van der Waals surface area (Å²) < 4.78 is 5.40. The molecule has 0 aromatic heterocycles. The van der Waals surface area contributed by atoms with E-state index in [1.807, 2.05) is 0 Å². The second kappa shape index (κ2) is 7.00. The number of carbonyl (C=O) groups excluding carboxylic acids is 2. The average Bonchev–Trinajstić information content (AvgIpc) is 2.59. The zero-order valence-electron chi connectivity index (χ0n) is 13.2. The summed E-state index contributed by atoms with van der Waals surface area (Å²) >= 11 is 0. The fourth-order valence-electron chi connectivity index (χ4n) is 2.54. The monoisotopic (exact) mass is 337 g/mol. The summed E-state index contributed by atoms with van der Waals surface area (Å²) in [6.45, 7) is 0.0627. The number of rotatable bonds is 5. The molecule has 0 aliphatic carbocycles. The van der Waals surface area contributed by atoms with E-state index in [-0.39, 0.29) is 13.0 Å². The van der Waals surface area contributed by atoms with Crippen LogP contribution in [0.5, 0.6) is 5.75 Å². The summed E-state index contributed by atoms with van der Waals surface area (Å²) in [5.41, 5.74) is 2.12. The van der Waals surface area contributed by atoms with Crippen LogP contribution in [0.2, 0.25) is 0 Å². The number of carboxylic acid groups (broad SMARTS) is 1. The third kappa shape index (κ3) is 3.74. The van der Waals surface area contributed by atoms with Crippen LogP contribution in [-0.2, 0) is 9.59 Å². The van der Waals surface area contributed by atoms with Crippen molar-refractivity contribution < 1.29 is 24.2 Å². The smallest absolute Gasteiger partial charge is 0.306 e. The highest BCUT2D eigenvalue weighted by atomic mass is 16.5. The minimum Gasteiger partial charge on any atom is -0.493 e. The van der Waals surface area contributed by atoms with Gasteiger partial charge in [0.15, 0.2) is 0 Å². The highest BCUT2D eigenvalue weighted by Crippen LogP contribution is 2.27. The molecular formula is C19H15NO5. The van der Waals surface area contributed by atoms with Crippen molar-refractivity contribution in [3.8, 4) is 5.75 Å². The molecule has 0 fully saturated rings. The second-order valence-corrected chi connectivity index (χ2v) is 5.45. The molecule has 1 aliphatic heterocycles. The molecule has 0 radical (unpaired) electrons. The Kier molecular flexibility index (Phi) is 4.61. The summed E-state index contributed by atoms with van der Waals surface area (Å²) in [7, 11) is 0. The molecule has 0 saturated heterocycles. The van der Waals surface area contributed by atoms with E-state index in [4.69, 9.17) is 9.84 Å². The van der Waals surface area contributed by atoms with Crippen molar-refractivity contribution in [1.82, 2.24) is 5.32 Å². The van der Waals surface area contributed by atoms with Gasteiger partial charge in [0, 0.05) is 11.1 Å². The first-order valence-electron chi connectivity index (χ1n) is 7.66. The molecule has 126 valence electrons. The van der Waals surface area contributed by atoms with E-state index in [1.165, 1.54) is 0 Å². The van der Waals surface area contributed by atoms with Gasteiger partial charge in [-0.2, -0.15) is 0 Å². The molecule has 0 unspecified atom stereocenters. The molecule has 25 heavy (non-hydrogen) atoms. The van der Waals surface area contributed by atoms with E-state index in [0.717, 1.165) is 0 Å². The lowest BCUT2D eigenvalue weighted by molar-refractivity contribution is -0.137. The SMILES string of the molecule is O=C(O)CCOc1cccc(/C=C2\C(=O)NC(=O)c3ccccc32)c1. The van der Waals surface area contributed by atoms with E-state index in [2.05, 4.69) is 5.32 Å². The summed E-state index contributed by atoms with van der Waals surface area (Å²) in [6, 6.07) is 13.9. The predicted molar refractivity (Wildman–Crippen MR) is 91.0 cm³/mol. The van der Waals surface area contributed by atoms with Crippen molar-refractivity contribution in [2.45, 2.75) is 6.42 Å². The predicted octanol–water partition coefficient (Wildman–Crippen LogP) is 2.35. The molecule has 6 nitrogen and oxygen atoms in total. The molecule has 0 bridgehead atoms. The number of fused-ring (bicyclic) bond motifs is 1. The van der Waals surface area contributed by atoms with Crippen LogP contribution in [-0.4, -0.2) is 29.5 Å². The van der Waals surface area contributed by atoms with Crippen molar-refractivity contribution in [2.24, 2.45) is 0 Å². The van der Waals surface area contributed by atoms with Crippen LogP contribution in [0.15, 0.2) is 48.5 Å². The quantitative estimate of drug-likeness (QED) is 0.645. The van der Waals surface area contributed by atoms with Crippen LogP contribution in [0.4, 0.5) is 0 Å². The van der Waals surface area contributed by atoms with Crippen LogP contribution < -0.4 is 10.1 Å². The van der Waals surface area contributed by atoms with Crippen LogP contribution in [0, 0.1) is 0 Å². The molecular weight excluding hydrogens is 322 g/mol. The van der Waals surface area contributed by atoms with Gasteiger partial charge in [-0.25, -0.2) is 0 Å². The van der Waals surface area contributed by atoms with Crippen LogP contribution in [0.25, 0.3) is 11.6 Å². The van der Waals surface area contributed by atoms with Gasteiger partial charge in [0.2, 0.25) is 0 Å². The number of benzene rings is 2. The van der Waals surface area contributed by atoms with Gasteiger partial charge < -0.3 is 9.84 Å². The Morgan fingerprint density at radius 1 is 1.04 bits per heavy atom. The number of carbonyl (C=O) groups is 3. The first-order valence-corrected chi connectivity index (χ1v) is 7.66. The Bertz CT molecular complexity index is 885. The molecule has 0 spiro atoms. The Morgan fingerprint density at radius 3 is 2.56 bits per heavy atom. The number of aliphatic carboxylic acids is 1.